The Kier molecular flexibility index (Phi) is 4.63. The first kappa shape index (κ1) is 16.6. The first-order chi connectivity index (χ1) is 11.4. The molecule has 0 spiro atoms. The number of rotatable bonds is 5. The van der Waals surface area contributed by atoms with Crippen LogP contribution in [0.2, 0.25) is 5.02 Å². The minimum Gasteiger partial charge on any atom is -0.508 e. The second-order valence-corrected chi connectivity index (χ2v) is 6.94. The van der Waals surface area contributed by atoms with E-state index in [0.717, 1.165) is 22.2 Å². The predicted octanol–water partition coefficient (Wildman–Crippen LogP) is 5.28. The zero-order chi connectivity index (χ0) is 17.3. The quantitative estimate of drug-likeness (QED) is 0.685. The smallest absolute Gasteiger partial charge is 0.152 e. The van der Waals surface area contributed by atoms with Crippen molar-refractivity contribution in [2.45, 2.75) is 26.8 Å². The van der Waals surface area contributed by atoms with Gasteiger partial charge in [0.15, 0.2) is 5.78 Å². The Morgan fingerprint density at radius 1 is 1.17 bits per heavy atom. The van der Waals surface area contributed by atoms with Crippen molar-refractivity contribution in [3.63, 3.8) is 0 Å². The fraction of sp³-hybridized carbons (Fsp3) is 0.250. The van der Waals surface area contributed by atoms with Crippen molar-refractivity contribution in [1.29, 1.82) is 0 Å². The predicted molar refractivity (Wildman–Crippen MR) is 98.5 cm³/mol. The van der Waals surface area contributed by atoms with Gasteiger partial charge < -0.3 is 9.67 Å². The van der Waals surface area contributed by atoms with E-state index in [9.17, 15) is 9.90 Å². The number of benzene rings is 2. The number of Topliss-reactive ketones (excluding diaryl/α,β-unsaturated/α-hetero) is 1. The lowest BCUT2D eigenvalue weighted by Gasteiger charge is -2.12. The van der Waals surface area contributed by atoms with E-state index < -0.39 is 0 Å². The number of halogens is 1. The van der Waals surface area contributed by atoms with Gasteiger partial charge in [0.2, 0.25) is 0 Å². The molecule has 2 aromatic carbocycles. The summed E-state index contributed by atoms with van der Waals surface area (Å²) in [5.74, 6) is 0.739. The average Bonchev–Trinajstić information content (AvgIpc) is 2.84. The van der Waals surface area contributed by atoms with Crippen LogP contribution >= 0.6 is 11.6 Å². The maximum absolute atomic E-state index is 12.4. The Morgan fingerprint density at radius 2 is 1.96 bits per heavy atom. The third kappa shape index (κ3) is 3.46. The van der Waals surface area contributed by atoms with Gasteiger partial charge in [-0.25, -0.2) is 0 Å². The minimum atomic E-state index is 0.193. The summed E-state index contributed by atoms with van der Waals surface area (Å²) in [6, 6.07) is 14.8. The van der Waals surface area contributed by atoms with Crippen LogP contribution in [0.4, 0.5) is 0 Å². The molecule has 3 aromatic rings. The number of aromatic nitrogens is 1. The van der Waals surface area contributed by atoms with Gasteiger partial charge in [-0.1, -0.05) is 37.6 Å². The summed E-state index contributed by atoms with van der Waals surface area (Å²) in [5, 5.41) is 11.3. The number of fused-ring (bicyclic) bond motifs is 1. The number of hydrogen-bond donors (Lipinski definition) is 1. The topological polar surface area (TPSA) is 42.2 Å². The molecule has 0 bridgehead atoms. The van der Waals surface area contributed by atoms with Gasteiger partial charge in [0.25, 0.3) is 0 Å². The van der Waals surface area contributed by atoms with Crippen molar-refractivity contribution in [2.75, 3.05) is 0 Å². The van der Waals surface area contributed by atoms with Crippen LogP contribution in [-0.4, -0.2) is 15.5 Å². The molecule has 0 saturated carbocycles. The lowest BCUT2D eigenvalue weighted by atomic mass is 10.1. The second-order valence-electron chi connectivity index (χ2n) is 6.51. The number of phenolic OH excluding ortho intramolecular Hbond substituents is 1. The molecule has 0 aliphatic heterocycles. The van der Waals surface area contributed by atoms with E-state index in [-0.39, 0.29) is 11.5 Å². The molecule has 1 heterocycles. The van der Waals surface area contributed by atoms with E-state index in [1.54, 1.807) is 12.1 Å². The van der Waals surface area contributed by atoms with Crippen molar-refractivity contribution >= 4 is 28.3 Å². The van der Waals surface area contributed by atoms with E-state index in [0.29, 0.717) is 23.9 Å². The highest BCUT2D eigenvalue weighted by molar-refractivity contribution is 6.30. The Bertz CT molecular complexity index is 896. The van der Waals surface area contributed by atoms with Gasteiger partial charge in [-0.2, -0.15) is 0 Å². The summed E-state index contributed by atoms with van der Waals surface area (Å²) in [6.45, 7) is 4.40. The zero-order valence-corrected chi connectivity index (χ0v) is 14.5. The van der Waals surface area contributed by atoms with Crippen molar-refractivity contribution in [3.05, 3.63) is 53.6 Å². The number of carbonyl (C=O) groups is 1. The molecule has 0 aliphatic rings. The second kappa shape index (κ2) is 6.70. The summed E-state index contributed by atoms with van der Waals surface area (Å²) < 4.78 is 2.01. The van der Waals surface area contributed by atoms with Gasteiger partial charge in [-0.15, -0.1) is 0 Å². The van der Waals surface area contributed by atoms with E-state index in [4.69, 9.17) is 11.6 Å². The highest BCUT2D eigenvalue weighted by Crippen LogP contribution is 2.31. The first-order valence-electron chi connectivity index (χ1n) is 8.04. The Hall–Kier alpha value is -2.26. The summed E-state index contributed by atoms with van der Waals surface area (Å²) in [4.78, 5) is 12.4. The molecule has 0 atom stereocenters. The number of carbonyl (C=O) groups excluding carboxylic acids is 1. The Balaban J connectivity index is 2.13. The van der Waals surface area contributed by atoms with Crippen LogP contribution in [0.3, 0.4) is 0 Å². The summed E-state index contributed by atoms with van der Waals surface area (Å²) in [7, 11) is 0. The molecule has 0 radical (unpaired) electrons. The molecule has 3 nitrogen and oxygen atoms in total. The fourth-order valence-electron chi connectivity index (χ4n) is 3.01. The summed E-state index contributed by atoms with van der Waals surface area (Å²) in [5.41, 5.74) is 2.81. The summed E-state index contributed by atoms with van der Waals surface area (Å²) in [6.07, 6.45) is 0.548. The third-order valence-corrected chi connectivity index (χ3v) is 4.21. The molecule has 1 aromatic heterocycles. The summed E-state index contributed by atoms with van der Waals surface area (Å²) >= 11 is 6.13. The van der Waals surface area contributed by atoms with Gasteiger partial charge in [0.05, 0.1) is 6.54 Å². The van der Waals surface area contributed by atoms with Gasteiger partial charge in [0, 0.05) is 28.0 Å². The van der Waals surface area contributed by atoms with Crippen LogP contribution in [0.25, 0.3) is 22.2 Å². The normalized spacial score (nSPS) is 11.3. The van der Waals surface area contributed by atoms with E-state index in [2.05, 4.69) is 0 Å². The van der Waals surface area contributed by atoms with Gasteiger partial charge in [0.1, 0.15) is 5.75 Å². The number of aromatic hydroxyl groups is 1. The molecule has 0 unspecified atom stereocenters. The molecule has 0 fully saturated rings. The lowest BCUT2D eigenvalue weighted by Crippen LogP contribution is -2.13. The lowest BCUT2D eigenvalue weighted by molar-refractivity contribution is -0.120. The molecule has 24 heavy (non-hydrogen) atoms. The van der Waals surface area contributed by atoms with Gasteiger partial charge in [-0.05, 0) is 47.9 Å². The van der Waals surface area contributed by atoms with E-state index in [1.807, 2.05) is 54.8 Å². The number of hydrogen-bond acceptors (Lipinski definition) is 2. The van der Waals surface area contributed by atoms with Crippen LogP contribution in [0.15, 0.2) is 48.5 Å². The molecular formula is C20H20ClNO2. The molecule has 124 valence electrons. The molecule has 0 saturated heterocycles. The monoisotopic (exact) mass is 341 g/mol. The first-order valence-corrected chi connectivity index (χ1v) is 8.41. The van der Waals surface area contributed by atoms with Crippen molar-refractivity contribution in [1.82, 2.24) is 4.57 Å². The fourth-order valence-corrected chi connectivity index (χ4v) is 3.20. The number of nitrogens with zero attached hydrogens (tertiary/aromatic N) is 1. The van der Waals surface area contributed by atoms with Crippen LogP contribution in [-0.2, 0) is 11.3 Å². The van der Waals surface area contributed by atoms with Crippen LogP contribution in [0.5, 0.6) is 5.75 Å². The maximum atomic E-state index is 12.4. The SMILES string of the molecule is CC(C)CC(=O)Cn1c(-c2cccc(Cl)c2)cc2cc(O)ccc21. The Morgan fingerprint density at radius 3 is 2.67 bits per heavy atom. The number of phenols is 1. The van der Waals surface area contributed by atoms with E-state index in [1.165, 1.54) is 0 Å². The van der Waals surface area contributed by atoms with Gasteiger partial charge >= 0.3 is 0 Å². The molecular weight excluding hydrogens is 322 g/mol. The third-order valence-electron chi connectivity index (χ3n) is 3.98. The van der Waals surface area contributed by atoms with Crippen LogP contribution in [0.1, 0.15) is 20.3 Å². The van der Waals surface area contributed by atoms with Crippen molar-refractivity contribution < 1.29 is 9.90 Å². The highest BCUT2D eigenvalue weighted by Gasteiger charge is 2.15. The van der Waals surface area contributed by atoms with Crippen molar-refractivity contribution in [2.24, 2.45) is 5.92 Å². The van der Waals surface area contributed by atoms with Crippen molar-refractivity contribution in [3.8, 4) is 17.0 Å². The molecule has 3 rings (SSSR count). The zero-order valence-electron chi connectivity index (χ0n) is 13.8. The minimum absolute atomic E-state index is 0.193. The molecule has 0 aliphatic carbocycles. The van der Waals surface area contributed by atoms with Crippen LogP contribution < -0.4 is 0 Å². The van der Waals surface area contributed by atoms with Gasteiger partial charge in [-0.3, -0.25) is 4.79 Å². The Labute approximate surface area is 146 Å². The molecule has 1 N–H and O–H groups in total. The van der Waals surface area contributed by atoms with Crippen LogP contribution in [0, 0.1) is 5.92 Å². The number of ketones is 1. The standard InChI is InChI=1S/C20H20ClNO2/c1-13(2)8-18(24)12-22-19-7-6-17(23)10-15(19)11-20(22)14-4-3-5-16(21)9-14/h3-7,9-11,13,23H,8,12H2,1-2H3. The maximum Gasteiger partial charge on any atom is 0.152 e. The average molecular weight is 342 g/mol. The largest absolute Gasteiger partial charge is 0.508 e. The molecule has 0 amide bonds. The van der Waals surface area contributed by atoms with E-state index >= 15 is 0 Å². The molecule has 4 heteroatoms. The highest BCUT2D eigenvalue weighted by atomic mass is 35.5.